The molecule has 0 aromatic rings. The fourth-order valence-electron chi connectivity index (χ4n) is 3.43. The summed E-state index contributed by atoms with van der Waals surface area (Å²) in [6, 6.07) is 0. The van der Waals surface area contributed by atoms with E-state index in [1.54, 1.807) is 0 Å². The lowest BCUT2D eigenvalue weighted by Gasteiger charge is -2.59. The van der Waals surface area contributed by atoms with Crippen LogP contribution in [0, 0.1) is 23.2 Å². The molecular weight excluding hydrogens is 174 g/mol. The second-order valence-corrected chi connectivity index (χ2v) is 5.44. The van der Waals surface area contributed by atoms with Crippen molar-refractivity contribution in [3.63, 3.8) is 0 Å². The summed E-state index contributed by atoms with van der Waals surface area (Å²) in [5.41, 5.74) is 0.425. The van der Waals surface area contributed by atoms with Crippen molar-refractivity contribution >= 4 is 5.91 Å². The summed E-state index contributed by atoms with van der Waals surface area (Å²) in [4.78, 5) is 11.8. The fourth-order valence-corrected chi connectivity index (χ4v) is 3.43. The Hall–Kier alpha value is -0.530. The van der Waals surface area contributed by atoms with Crippen molar-refractivity contribution in [1.82, 2.24) is 5.32 Å². The Bertz CT molecular complexity index is 245. The van der Waals surface area contributed by atoms with Crippen LogP contribution in [0.4, 0.5) is 0 Å². The quantitative estimate of drug-likeness (QED) is 0.719. The third kappa shape index (κ3) is 1.27. The van der Waals surface area contributed by atoms with E-state index in [1.165, 1.54) is 12.8 Å². The van der Waals surface area contributed by atoms with Gasteiger partial charge in [-0.2, -0.15) is 0 Å². The third-order valence-electron chi connectivity index (χ3n) is 4.55. The van der Waals surface area contributed by atoms with Crippen LogP contribution in [0.15, 0.2) is 0 Å². The predicted molar refractivity (Wildman–Crippen MR) is 56.8 cm³/mol. The molecule has 3 saturated carbocycles. The summed E-state index contributed by atoms with van der Waals surface area (Å²) in [6.45, 7) is 7.43. The third-order valence-corrected chi connectivity index (χ3v) is 4.55. The van der Waals surface area contributed by atoms with Gasteiger partial charge in [0.25, 0.3) is 0 Å². The fraction of sp³-hybridized carbons (Fsp3) is 0.917. The van der Waals surface area contributed by atoms with E-state index in [4.69, 9.17) is 0 Å². The highest BCUT2D eigenvalue weighted by Gasteiger charge is 2.55. The number of fused-ring (bicyclic) bond motifs is 2. The standard InChI is InChI=1S/C12H21NO/c1-4-13-11(14)9-6-5-8-7-10(9)12(8,2)3/h8-10H,4-7H2,1-3H3,(H,13,14). The molecule has 3 rings (SSSR count). The molecule has 1 amide bonds. The average Bonchev–Trinajstić information content (AvgIpc) is 2.18. The lowest BCUT2D eigenvalue weighted by atomic mass is 9.45. The first-order valence-corrected chi connectivity index (χ1v) is 5.85. The summed E-state index contributed by atoms with van der Waals surface area (Å²) in [5.74, 6) is 2.13. The molecule has 3 unspecified atom stereocenters. The van der Waals surface area contributed by atoms with E-state index in [-0.39, 0.29) is 0 Å². The van der Waals surface area contributed by atoms with Crippen molar-refractivity contribution < 1.29 is 4.79 Å². The van der Waals surface area contributed by atoms with Gasteiger partial charge < -0.3 is 5.32 Å². The molecule has 0 heterocycles. The van der Waals surface area contributed by atoms with Crippen LogP contribution in [-0.2, 0) is 4.79 Å². The molecule has 3 aliphatic carbocycles. The molecule has 2 nitrogen and oxygen atoms in total. The van der Waals surface area contributed by atoms with Crippen molar-refractivity contribution in [3.8, 4) is 0 Å². The molecule has 0 aromatic heterocycles. The zero-order valence-electron chi connectivity index (χ0n) is 9.47. The van der Waals surface area contributed by atoms with Gasteiger partial charge in [-0.25, -0.2) is 0 Å². The minimum Gasteiger partial charge on any atom is -0.356 e. The van der Waals surface area contributed by atoms with Gasteiger partial charge in [0.1, 0.15) is 0 Å². The van der Waals surface area contributed by atoms with Crippen LogP contribution >= 0.6 is 0 Å². The SMILES string of the molecule is CCNC(=O)C1CCC2CC1C2(C)C. The van der Waals surface area contributed by atoms with Crippen LogP contribution in [0.25, 0.3) is 0 Å². The predicted octanol–water partition coefficient (Wildman–Crippen LogP) is 2.19. The maximum absolute atomic E-state index is 11.8. The van der Waals surface area contributed by atoms with Crippen LogP contribution in [0.3, 0.4) is 0 Å². The minimum atomic E-state index is 0.295. The van der Waals surface area contributed by atoms with Gasteiger partial charge in [0.2, 0.25) is 5.91 Å². The lowest BCUT2D eigenvalue weighted by molar-refractivity contribution is -0.148. The second kappa shape index (κ2) is 3.25. The highest BCUT2D eigenvalue weighted by molar-refractivity contribution is 5.79. The van der Waals surface area contributed by atoms with E-state index in [0.717, 1.165) is 18.9 Å². The minimum absolute atomic E-state index is 0.295. The molecule has 3 fully saturated rings. The van der Waals surface area contributed by atoms with Crippen LogP contribution in [0.2, 0.25) is 0 Å². The lowest BCUT2D eigenvalue weighted by Crippen LogP contribution is -2.55. The Morgan fingerprint density at radius 2 is 2.14 bits per heavy atom. The van der Waals surface area contributed by atoms with Crippen LogP contribution < -0.4 is 5.32 Å². The molecule has 3 aliphatic rings. The summed E-state index contributed by atoms with van der Waals surface area (Å²) < 4.78 is 0. The Morgan fingerprint density at radius 3 is 2.64 bits per heavy atom. The normalized spacial score (nSPS) is 38.6. The van der Waals surface area contributed by atoms with Gasteiger partial charge in [-0.1, -0.05) is 13.8 Å². The van der Waals surface area contributed by atoms with Crippen molar-refractivity contribution in [2.75, 3.05) is 6.54 Å². The van der Waals surface area contributed by atoms with E-state index >= 15 is 0 Å². The van der Waals surface area contributed by atoms with Gasteiger partial charge in [0, 0.05) is 12.5 Å². The maximum Gasteiger partial charge on any atom is 0.223 e. The number of nitrogens with one attached hydrogen (secondary N) is 1. The zero-order chi connectivity index (χ0) is 10.3. The average molecular weight is 195 g/mol. The molecule has 0 saturated heterocycles. The topological polar surface area (TPSA) is 29.1 Å². The number of rotatable bonds is 2. The van der Waals surface area contributed by atoms with Crippen molar-refractivity contribution in [3.05, 3.63) is 0 Å². The van der Waals surface area contributed by atoms with Gasteiger partial charge in [-0.05, 0) is 43.4 Å². The zero-order valence-corrected chi connectivity index (χ0v) is 9.47. The molecule has 0 aliphatic heterocycles. The first-order valence-electron chi connectivity index (χ1n) is 5.85. The molecule has 14 heavy (non-hydrogen) atoms. The Kier molecular flexibility index (Phi) is 2.32. The van der Waals surface area contributed by atoms with Crippen LogP contribution in [-0.4, -0.2) is 12.5 Å². The summed E-state index contributed by atoms with van der Waals surface area (Å²) in [6.07, 6.45) is 3.66. The number of amides is 1. The highest BCUT2D eigenvalue weighted by Crippen LogP contribution is 2.61. The van der Waals surface area contributed by atoms with E-state index in [0.29, 0.717) is 23.2 Å². The highest BCUT2D eigenvalue weighted by atomic mass is 16.1. The van der Waals surface area contributed by atoms with Crippen molar-refractivity contribution in [2.45, 2.75) is 40.0 Å². The molecule has 2 heteroatoms. The number of carbonyl (C=O) groups excluding carboxylic acids is 1. The number of hydrogen-bond donors (Lipinski definition) is 1. The monoisotopic (exact) mass is 195 g/mol. The Morgan fingerprint density at radius 1 is 1.43 bits per heavy atom. The largest absolute Gasteiger partial charge is 0.356 e. The summed E-state index contributed by atoms with van der Waals surface area (Å²) in [5, 5.41) is 2.97. The number of hydrogen-bond acceptors (Lipinski definition) is 1. The van der Waals surface area contributed by atoms with Gasteiger partial charge in [0.15, 0.2) is 0 Å². The van der Waals surface area contributed by atoms with E-state index < -0.39 is 0 Å². The second-order valence-electron chi connectivity index (χ2n) is 5.44. The van der Waals surface area contributed by atoms with Gasteiger partial charge in [-0.3, -0.25) is 4.79 Å². The van der Waals surface area contributed by atoms with Gasteiger partial charge in [0.05, 0.1) is 0 Å². The molecule has 3 atom stereocenters. The summed E-state index contributed by atoms with van der Waals surface area (Å²) >= 11 is 0. The van der Waals surface area contributed by atoms with E-state index in [1.807, 2.05) is 6.92 Å². The molecule has 0 radical (unpaired) electrons. The van der Waals surface area contributed by atoms with Crippen LogP contribution in [0.1, 0.15) is 40.0 Å². The molecule has 0 spiro atoms. The van der Waals surface area contributed by atoms with Gasteiger partial charge >= 0.3 is 0 Å². The van der Waals surface area contributed by atoms with Crippen molar-refractivity contribution in [2.24, 2.45) is 23.2 Å². The number of carbonyl (C=O) groups is 1. The smallest absolute Gasteiger partial charge is 0.223 e. The van der Waals surface area contributed by atoms with E-state index in [2.05, 4.69) is 19.2 Å². The Balaban J connectivity index is 2.04. The molecule has 0 aromatic carbocycles. The van der Waals surface area contributed by atoms with Crippen LogP contribution in [0.5, 0.6) is 0 Å². The molecule has 1 N–H and O–H groups in total. The maximum atomic E-state index is 11.8. The molecule has 2 bridgehead atoms. The summed E-state index contributed by atoms with van der Waals surface area (Å²) in [7, 11) is 0. The Labute approximate surface area is 86.5 Å². The van der Waals surface area contributed by atoms with Gasteiger partial charge in [-0.15, -0.1) is 0 Å². The molecule has 80 valence electrons. The first kappa shape index (κ1) is 10.0. The van der Waals surface area contributed by atoms with E-state index in [9.17, 15) is 4.79 Å². The van der Waals surface area contributed by atoms with Crippen molar-refractivity contribution in [1.29, 1.82) is 0 Å². The molecular formula is C12H21NO. The first-order chi connectivity index (χ1) is 6.57.